The molecule has 4 aromatic rings. The smallest absolute Gasteiger partial charge is 0.193 e. The minimum Gasteiger partial charge on any atom is -0.288 e. The molecule has 0 aliphatic carbocycles. The number of benzene rings is 3. The fraction of sp³-hybridized carbons (Fsp3) is 0.259. The maximum absolute atomic E-state index is 4.56. The van der Waals surface area contributed by atoms with Crippen molar-refractivity contribution in [1.29, 1.82) is 0 Å². The highest BCUT2D eigenvalue weighted by Gasteiger charge is 2.29. The predicted molar refractivity (Wildman–Crippen MR) is 131 cm³/mol. The Balaban J connectivity index is 1.49. The van der Waals surface area contributed by atoms with E-state index in [1.807, 2.05) is 0 Å². The van der Waals surface area contributed by atoms with Crippen LogP contribution < -0.4 is 0 Å². The normalized spacial score (nSPS) is 14.5. The lowest BCUT2D eigenvalue weighted by Gasteiger charge is -2.35. The van der Waals surface area contributed by atoms with Crippen LogP contribution in [0.15, 0.2) is 90.1 Å². The molecule has 1 aliphatic heterocycles. The van der Waals surface area contributed by atoms with Crippen LogP contribution in [0.1, 0.15) is 43.5 Å². The van der Waals surface area contributed by atoms with E-state index in [1.54, 1.807) is 11.8 Å². The number of aromatic nitrogens is 3. The molecule has 0 saturated carbocycles. The molecule has 5 heteroatoms. The van der Waals surface area contributed by atoms with Gasteiger partial charge in [-0.2, -0.15) is 0 Å². The first-order valence-corrected chi connectivity index (χ1v) is 12.0. The summed E-state index contributed by atoms with van der Waals surface area (Å²) in [6.45, 7) is 7.47. The molecule has 2 heterocycles. The Morgan fingerprint density at radius 3 is 1.94 bits per heavy atom. The molecule has 4 nitrogen and oxygen atoms in total. The number of hydrogen-bond acceptors (Lipinski definition) is 4. The number of rotatable bonds is 4. The average molecular weight is 441 g/mol. The number of nitrogens with zero attached hydrogens (tertiary/aromatic N) is 4. The lowest BCUT2D eigenvalue weighted by atomic mass is 9.87. The topological polar surface area (TPSA) is 34.0 Å². The van der Waals surface area contributed by atoms with E-state index in [-0.39, 0.29) is 11.5 Å². The van der Waals surface area contributed by atoms with Gasteiger partial charge in [0, 0.05) is 5.56 Å². The zero-order chi connectivity index (χ0) is 22.1. The van der Waals surface area contributed by atoms with Gasteiger partial charge in [0.15, 0.2) is 11.0 Å². The van der Waals surface area contributed by atoms with Gasteiger partial charge in [0.05, 0.1) is 18.6 Å². The summed E-state index contributed by atoms with van der Waals surface area (Å²) < 4.78 is 2.25. The molecule has 0 fully saturated rings. The summed E-state index contributed by atoms with van der Waals surface area (Å²) in [5, 5.41) is 10.0. The van der Waals surface area contributed by atoms with Crippen molar-refractivity contribution in [2.75, 3.05) is 5.88 Å². The molecule has 0 radical (unpaired) electrons. The zero-order valence-corrected chi connectivity index (χ0v) is 19.6. The highest BCUT2D eigenvalue weighted by molar-refractivity contribution is 7.99. The highest BCUT2D eigenvalue weighted by atomic mass is 32.2. The van der Waals surface area contributed by atoms with Gasteiger partial charge in [-0.1, -0.05) is 117 Å². The average Bonchev–Trinajstić information content (AvgIpc) is 3.24. The van der Waals surface area contributed by atoms with E-state index in [0.717, 1.165) is 29.1 Å². The molecule has 0 spiro atoms. The van der Waals surface area contributed by atoms with Crippen molar-refractivity contribution in [2.45, 2.75) is 44.1 Å². The third-order valence-corrected chi connectivity index (χ3v) is 7.03. The third kappa shape index (κ3) is 4.10. The summed E-state index contributed by atoms with van der Waals surface area (Å²) in [5.41, 5.74) is 5.16. The van der Waals surface area contributed by atoms with E-state index in [4.69, 9.17) is 0 Å². The fourth-order valence-corrected chi connectivity index (χ4v) is 5.17. The van der Waals surface area contributed by atoms with Crippen molar-refractivity contribution in [3.05, 3.63) is 102 Å². The van der Waals surface area contributed by atoms with Gasteiger partial charge < -0.3 is 0 Å². The fourth-order valence-electron chi connectivity index (χ4n) is 4.26. The summed E-state index contributed by atoms with van der Waals surface area (Å²) in [6.07, 6.45) is 0. The molecule has 0 amide bonds. The minimum atomic E-state index is 0.133. The monoisotopic (exact) mass is 440 g/mol. The SMILES string of the molecule is CC(C)(C)c1ccc(-c2nnc3n2CN(C(c2ccccc2)c2ccccc2)CS3)cc1. The van der Waals surface area contributed by atoms with Gasteiger partial charge in [0.2, 0.25) is 0 Å². The molecular weight excluding hydrogens is 412 g/mol. The molecule has 0 bridgehead atoms. The Hall–Kier alpha value is -2.89. The van der Waals surface area contributed by atoms with Crippen molar-refractivity contribution in [2.24, 2.45) is 0 Å². The quantitative estimate of drug-likeness (QED) is 0.370. The van der Waals surface area contributed by atoms with Gasteiger partial charge in [-0.05, 0) is 22.1 Å². The van der Waals surface area contributed by atoms with E-state index in [2.05, 4.69) is 125 Å². The van der Waals surface area contributed by atoms with Gasteiger partial charge in [-0.25, -0.2) is 0 Å². The molecule has 3 aromatic carbocycles. The summed E-state index contributed by atoms with van der Waals surface area (Å²) in [7, 11) is 0. The highest BCUT2D eigenvalue weighted by Crippen LogP contribution is 2.37. The molecule has 0 unspecified atom stereocenters. The second-order valence-corrected chi connectivity index (χ2v) is 10.2. The van der Waals surface area contributed by atoms with Crippen LogP contribution in [0.25, 0.3) is 11.4 Å². The van der Waals surface area contributed by atoms with Gasteiger partial charge >= 0.3 is 0 Å². The first-order chi connectivity index (χ1) is 15.5. The summed E-state index contributed by atoms with van der Waals surface area (Å²) in [4.78, 5) is 2.50. The van der Waals surface area contributed by atoms with Crippen LogP contribution in [-0.2, 0) is 12.1 Å². The number of fused-ring (bicyclic) bond motifs is 1. The molecule has 1 aliphatic rings. The Morgan fingerprint density at radius 1 is 0.781 bits per heavy atom. The lowest BCUT2D eigenvalue weighted by molar-refractivity contribution is 0.195. The summed E-state index contributed by atoms with van der Waals surface area (Å²) in [5.74, 6) is 1.80. The van der Waals surface area contributed by atoms with Crippen LogP contribution in [-0.4, -0.2) is 25.5 Å². The minimum absolute atomic E-state index is 0.133. The van der Waals surface area contributed by atoms with Crippen molar-refractivity contribution in [3.63, 3.8) is 0 Å². The van der Waals surface area contributed by atoms with Crippen LogP contribution >= 0.6 is 11.8 Å². The van der Waals surface area contributed by atoms with E-state index in [9.17, 15) is 0 Å². The van der Waals surface area contributed by atoms with E-state index in [0.29, 0.717) is 0 Å². The largest absolute Gasteiger partial charge is 0.288 e. The van der Waals surface area contributed by atoms with Crippen molar-refractivity contribution in [1.82, 2.24) is 19.7 Å². The van der Waals surface area contributed by atoms with Crippen molar-refractivity contribution >= 4 is 11.8 Å². The molecule has 162 valence electrons. The van der Waals surface area contributed by atoms with Crippen LogP contribution in [0.2, 0.25) is 0 Å². The maximum atomic E-state index is 4.56. The second kappa shape index (κ2) is 8.57. The van der Waals surface area contributed by atoms with Crippen LogP contribution in [0.4, 0.5) is 0 Å². The Labute approximate surface area is 194 Å². The van der Waals surface area contributed by atoms with Gasteiger partial charge in [0.1, 0.15) is 0 Å². The third-order valence-electron chi connectivity index (χ3n) is 6.00. The van der Waals surface area contributed by atoms with Gasteiger partial charge in [-0.15, -0.1) is 10.2 Å². The van der Waals surface area contributed by atoms with E-state index >= 15 is 0 Å². The maximum Gasteiger partial charge on any atom is 0.193 e. The molecule has 1 aromatic heterocycles. The first kappa shape index (κ1) is 21.0. The lowest BCUT2D eigenvalue weighted by Crippen LogP contribution is -2.34. The van der Waals surface area contributed by atoms with Crippen LogP contribution in [0.3, 0.4) is 0 Å². The molecule has 0 N–H and O–H groups in total. The Kier molecular flexibility index (Phi) is 5.62. The van der Waals surface area contributed by atoms with Gasteiger partial charge in [-0.3, -0.25) is 9.47 Å². The first-order valence-electron chi connectivity index (χ1n) is 11.0. The number of thioether (sulfide) groups is 1. The van der Waals surface area contributed by atoms with Gasteiger partial charge in [0.25, 0.3) is 0 Å². The summed E-state index contributed by atoms with van der Waals surface area (Å²) in [6, 6.07) is 30.5. The van der Waals surface area contributed by atoms with Crippen LogP contribution in [0, 0.1) is 0 Å². The molecule has 0 saturated heterocycles. The zero-order valence-electron chi connectivity index (χ0n) is 18.8. The second-order valence-electron chi connectivity index (χ2n) is 9.29. The molecular formula is C27H28N4S. The van der Waals surface area contributed by atoms with E-state index < -0.39 is 0 Å². The van der Waals surface area contributed by atoms with Crippen molar-refractivity contribution in [3.8, 4) is 11.4 Å². The summed E-state index contributed by atoms with van der Waals surface area (Å²) >= 11 is 1.75. The van der Waals surface area contributed by atoms with Crippen LogP contribution in [0.5, 0.6) is 0 Å². The standard InChI is InChI=1S/C27H28N4S/c1-27(2,3)23-16-14-22(15-17-23)25-28-29-26-31(25)18-30(19-32-26)24(20-10-6-4-7-11-20)21-12-8-5-9-13-21/h4-17,24H,18-19H2,1-3H3. The Morgan fingerprint density at radius 2 is 1.38 bits per heavy atom. The molecule has 0 atom stereocenters. The molecule has 5 rings (SSSR count). The number of hydrogen-bond donors (Lipinski definition) is 0. The predicted octanol–water partition coefficient (Wildman–Crippen LogP) is 6.35. The Bertz CT molecular complexity index is 1140. The molecule has 32 heavy (non-hydrogen) atoms. The van der Waals surface area contributed by atoms with Crippen molar-refractivity contribution < 1.29 is 0 Å². The van der Waals surface area contributed by atoms with E-state index in [1.165, 1.54) is 16.7 Å².